The molecule has 0 saturated heterocycles. The second-order valence-corrected chi connectivity index (χ2v) is 6.87. The van der Waals surface area contributed by atoms with Gasteiger partial charge in [0, 0.05) is 37.2 Å². The highest BCUT2D eigenvalue weighted by Gasteiger charge is 2.14. The molecule has 2 N–H and O–H groups in total. The highest BCUT2D eigenvalue weighted by atomic mass is 16.3. The van der Waals surface area contributed by atoms with Gasteiger partial charge in [-0.25, -0.2) is 0 Å². The van der Waals surface area contributed by atoms with E-state index in [-0.39, 0.29) is 6.61 Å². The van der Waals surface area contributed by atoms with Crippen molar-refractivity contribution in [3.05, 3.63) is 28.6 Å². The number of aliphatic hydroxyl groups is 1. The molecule has 0 aromatic carbocycles. The van der Waals surface area contributed by atoms with Crippen molar-refractivity contribution in [1.29, 1.82) is 0 Å². The van der Waals surface area contributed by atoms with E-state index in [4.69, 9.17) is 5.11 Å². The van der Waals surface area contributed by atoms with Gasteiger partial charge in [0.2, 0.25) is 0 Å². The first-order valence-electron chi connectivity index (χ1n) is 9.46. The van der Waals surface area contributed by atoms with Crippen LogP contribution < -0.4 is 5.32 Å². The van der Waals surface area contributed by atoms with Gasteiger partial charge < -0.3 is 15.0 Å². The maximum absolute atomic E-state index is 9.09. The van der Waals surface area contributed by atoms with Gasteiger partial charge in [0.05, 0.1) is 18.8 Å². The zero-order valence-electron chi connectivity index (χ0n) is 15.5. The molecule has 25 heavy (non-hydrogen) atoms. The summed E-state index contributed by atoms with van der Waals surface area (Å²) in [5.41, 5.74) is 3.42. The van der Waals surface area contributed by atoms with Crippen molar-refractivity contribution in [2.75, 3.05) is 13.2 Å². The first kappa shape index (κ1) is 18.1. The Morgan fingerprint density at radius 2 is 2.04 bits per heavy atom. The number of fused-ring (bicyclic) bond motifs is 1. The number of rotatable bonds is 8. The molecule has 1 aliphatic rings. The number of hydrogen-bond donors (Lipinski definition) is 2. The summed E-state index contributed by atoms with van der Waals surface area (Å²) in [6.45, 7) is 7.63. The van der Waals surface area contributed by atoms with E-state index in [1.807, 2.05) is 11.6 Å². The molecular weight excluding hydrogens is 316 g/mol. The molecule has 7 nitrogen and oxygen atoms in total. The van der Waals surface area contributed by atoms with Crippen molar-refractivity contribution >= 4 is 0 Å². The predicted molar refractivity (Wildman–Crippen MR) is 96.4 cm³/mol. The van der Waals surface area contributed by atoms with E-state index in [2.05, 4.69) is 32.1 Å². The van der Waals surface area contributed by atoms with Crippen molar-refractivity contribution in [2.45, 2.75) is 72.0 Å². The number of aryl methyl sites for hydroxylation is 3. The van der Waals surface area contributed by atoms with Crippen LogP contribution in [0.3, 0.4) is 0 Å². The molecule has 0 saturated carbocycles. The largest absolute Gasteiger partial charge is 0.394 e. The summed E-state index contributed by atoms with van der Waals surface area (Å²) in [7, 11) is 0. The highest BCUT2D eigenvalue weighted by Crippen LogP contribution is 2.15. The Hall–Kier alpha value is -1.73. The van der Waals surface area contributed by atoms with E-state index in [0.29, 0.717) is 6.54 Å². The van der Waals surface area contributed by atoms with Gasteiger partial charge in [0.1, 0.15) is 11.6 Å². The standard InChI is InChI=1S/C18H30N6O/c1-14-16(15(2)24(22-14)11-12-25)13-19-9-6-8-18-21-20-17-7-4-3-5-10-23(17)18/h19,25H,3-13H2,1-2H3. The Balaban J connectivity index is 1.46. The molecule has 0 bridgehead atoms. The van der Waals surface area contributed by atoms with Crippen molar-refractivity contribution in [3.8, 4) is 0 Å². The van der Waals surface area contributed by atoms with E-state index in [1.54, 1.807) is 0 Å². The smallest absolute Gasteiger partial charge is 0.133 e. The molecule has 0 unspecified atom stereocenters. The molecule has 0 spiro atoms. The van der Waals surface area contributed by atoms with Gasteiger partial charge in [-0.1, -0.05) is 6.42 Å². The highest BCUT2D eigenvalue weighted by molar-refractivity contribution is 5.24. The Labute approximate surface area is 149 Å². The lowest BCUT2D eigenvalue weighted by Crippen LogP contribution is -2.17. The molecule has 0 amide bonds. The molecule has 0 atom stereocenters. The van der Waals surface area contributed by atoms with Gasteiger partial charge >= 0.3 is 0 Å². The third-order valence-corrected chi connectivity index (χ3v) is 5.08. The lowest BCUT2D eigenvalue weighted by molar-refractivity contribution is 0.267. The SMILES string of the molecule is Cc1nn(CCO)c(C)c1CNCCCc1nnc2n1CCCCC2. The van der Waals surface area contributed by atoms with Crippen LogP contribution in [0.5, 0.6) is 0 Å². The normalized spacial score (nSPS) is 14.5. The van der Waals surface area contributed by atoms with Crippen molar-refractivity contribution in [1.82, 2.24) is 29.9 Å². The second-order valence-electron chi connectivity index (χ2n) is 6.87. The van der Waals surface area contributed by atoms with Gasteiger partial charge in [-0.3, -0.25) is 4.68 Å². The molecule has 1 aliphatic heterocycles. The third kappa shape index (κ3) is 4.27. The number of nitrogens with zero attached hydrogens (tertiary/aromatic N) is 5. The third-order valence-electron chi connectivity index (χ3n) is 5.08. The lowest BCUT2D eigenvalue weighted by atomic mass is 10.2. The van der Waals surface area contributed by atoms with Gasteiger partial charge in [-0.05, 0) is 39.7 Å². The van der Waals surface area contributed by atoms with E-state index in [1.165, 1.54) is 30.7 Å². The first-order valence-corrected chi connectivity index (χ1v) is 9.46. The molecule has 3 heterocycles. The van der Waals surface area contributed by atoms with E-state index in [9.17, 15) is 0 Å². The van der Waals surface area contributed by atoms with Crippen LogP contribution >= 0.6 is 0 Å². The minimum absolute atomic E-state index is 0.123. The minimum Gasteiger partial charge on any atom is -0.394 e. The van der Waals surface area contributed by atoms with Gasteiger partial charge in [0.15, 0.2) is 0 Å². The fraction of sp³-hybridized carbons (Fsp3) is 0.722. The zero-order chi connectivity index (χ0) is 17.6. The van der Waals surface area contributed by atoms with Gasteiger partial charge in [0.25, 0.3) is 0 Å². The molecule has 7 heteroatoms. The second kappa shape index (κ2) is 8.58. The summed E-state index contributed by atoms with van der Waals surface area (Å²) in [6, 6.07) is 0. The van der Waals surface area contributed by atoms with Gasteiger partial charge in [-0.2, -0.15) is 5.10 Å². The van der Waals surface area contributed by atoms with Crippen LogP contribution in [0.4, 0.5) is 0 Å². The summed E-state index contributed by atoms with van der Waals surface area (Å²) in [6.07, 6.45) is 6.88. The van der Waals surface area contributed by atoms with Gasteiger partial charge in [-0.15, -0.1) is 10.2 Å². The Bertz CT molecular complexity index is 690. The van der Waals surface area contributed by atoms with Crippen molar-refractivity contribution in [3.63, 3.8) is 0 Å². The number of hydrogen-bond acceptors (Lipinski definition) is 5. The fourth-order valence-electron chi connectivity index (χ4n) is 3.62. The van der Waals surface area contributed by atoms with Crippen LogP contribution in [0.15, 0.2) is 0 Å². The summed E-state index contributed by atoms with van der Waals surface area (Å²) in [4.78, 5) is 0. The summed E-state index contributed by atoms with van der Waals surface area (Å²) < 4.78 is 4.22. The van der Waals surface area contributed by atoms with E-state index >= 15 is 0 Å². The number of aliphatic hydroxyl groups excluding tert-OH is 1. The van der Waals surface area contributed by atoms with E-state index < -0.39 is 0 Å². The number of nitrogens with one attached hydrogen (secondary N) is 1. The summed E-state index contributed by atoms with van der Waals surface area (Å²) >= 11 is 0. The molecule has 2 aromatic rings. The molecular formula is C18H30N6O. The molecule has 0 radical (unpaired) electrons. The maximum atomic E-state index is 9.09. The Morgan fingerprint density at radius 1 is 1.16 bits per heavy atom. The van der Waals surface area contributed by atoms with E-state index in [0.717, 1.165) is 56.1 Å². The maximum Gasteiger partial charge on any atom is 0.133 e. The molecule has 2 aromatic heterocycles. The number of aromatic nitrogens is 5. The van der Waals surface area contributed by atoms with Crippen LogP contribution in [-0.4, -0.2) is 42.8 Å². The fourth-order valence-corrected chi connectivity index (χ4v) is 3.62. The summed E-state index contributed by atoms with van der Waals surface area (Å²) in [5.74, 6) is 2.31. The van der Waals surface area contributed by atoms with Crippen LogP contribution in [0, 0.1) is 13.8 Å². The molecule has 0 fully saturated rings. The van der Waals surface area contributed by atoms with Crippen molar-refractivity contribution in [2.24, 2.45) is 0 Å². The Morgan fingerprint density at radius 3 is 2.88 bits per heavy atom. The quantitative estimate of drug-likeness (QED) is 0.709. The van der Waals surface area contributed by atoms with Crippen molar-refractivity contribution < 1.29 is 5.11 Å². The topological polar surface area (TPSA) is 80.8 Å². The van der Waals surface area contributed by atoms with Crippen LogP contribution in [0.1, 0.15) is 54.3 Å². The summed E-state index contributed by atoms with van der Waals surface area (Å²) in [5, 5.41) is 25.9. The van der Waals surface area contributed by atoms with Crippen LogP contribution in [0.2, 0.25) is 0 Å². The Kier molecular flexibility index (Phi) is 6.20. The van der Waals surface area contributed by atoms with Crippen LogP contribution in [0.25, 0.3) is 0 Å². The zero-order valence-corrected chi connectivity index (χ0v) is 15.5. The molecule has 0 aliphatic carbocycles. The van der Waals surface area contributed by atoms with Crippen LogP contribution in [-0.2, 0) is 32.5 Å². The molecule has 3 rings (SSSR count). The average molecular weight is 346 g/mol. The monoisotopic (exact) mass is 346 g/mol. The molecule has 138 valence electrons. The lowest BCUT2D eigenvalue weighted by Gasteiger charge is -2.08. The average Bonchev–Trinajstić information content (AvgIpc) is 2.99. The predicted octanol–water partition coefficient (Wildman–Crippen LogP) is 1.53. The first-order chi connectivity index (χ1) is 12.2. The minimum atomic E-state index is 0.123.